The monoisotopic (exact) mass is 474 g/mol. The maximum Gasteiger partial charge on any atom is 0.327 e. The Labute approximate surface area is 199 Å². The van der Waals surface area contributed by atoms with Gasteiger partial charge in [0.1, 0.15) is 17.4 Å². The molecule has 2 amide bonds. The second-order valence-electron chi connectivity index (χ2n) is 7.90. The van der Waals surface area contributed by atoms with Gasteiger partial charge in [-0.25, -0.2) is 13.6 Å². The molecule has 176 valence electrons. The van der Waals surface area contributed by atoms with Crippen molar-refractivity contribution >= 4 is 17.3 Å². The Morgan fingerprint density at radius 1 is 1.00 bits per heavy atom. The summed E-state index contributed by atoms with van der Waals surface area (Å²) in [4.78, 5) is 19.2. The summed E-state index contributed by atoms with van der Waals surface area (Å²) >= 11 is 0. The highest BCUT2D eigenvalue weighted by atomic mass is 19.1. The second-order valence-corrected chi connectivity index (χ2v) is 7.90. The first-order valence-electron chi connectivity index (χ1n) is 10.8. The van der Waals surface area contributed by atoms with E-state index in [2.05, 4.69) is 15.5 Å². The summed E-state index contributed by atoms with van der Waals surface area (Å²) < 4.78 is 38.3. The highest BCUT2D eigenvalue weighted by Crippen LogP contribution is 2.39. The lowest BCUT2D eigenvalue weighted by Crippen LogP contribution is -2.46. The topological polar surface area (TPSA) is 80.5 Å². The third-order valence-corrected chi connectivity index (χ3v) is 5.74. The molecule has 1 unspecified atom stereocenters. The fourth-order valence-electron chi connectivity index (χ4n) is 4.06. The second kappa shape index (κ2) is 9.02. The SMILES string of the molecule is COc1cccc(N2C(=O)NC(c3ccc(F)cc3)C(c3nc(-c4cccc(F)c4)no3)=C2C)c1. The minimum Gasteiger partial charge on any atom is -0.497 e. The number of ether oxygens (including phenoxy) is 1. The smallest absolute Gasteiger partial charge is 0.327 e. The van der Waals surface area contributed by atoms with E-state index in [0.29, 0.717) is 33.8 Å². The molecular formula is C26H20F2N4O3. The van der Waals surface area contributed by atoms with E-state index < -0.39 is 23.7 Å². The van der Waals surface area contributed by atoms with Gasteiger partial charge in [0.2, 0.25) is 5.82 Å². The van der Waals surface area contributed by atoms with Crippen LogP contribution in [0.1, 0.15) is 24.4 Å². The number of urea groups is 1. The van der Waals surface area contributed by atoms with Crippen molar-refractivity contribution in [2.75, 3.05) is 12.0 Å². The molecular weight excluding hydrogens is 454 g/mol. The molecule has 7 nitrogen and oxygen atoms in total. The molecule has 3 aromatic carbocycles. The number of aromatic nitrogens is 2. The molecule has 1 aliphatic rings. The Morgan fingerprint density at radius 3 is 2.51 bits per heavy atom. The Balaban J connectivity index is 1.66. The van der Waals surface area contributed by atoms with Crippen LogP contribution in [-0.4, -0.2) is 23.3 Å². The summed E-state index contributed by atoms with van der Waals surface area (Å²) in [5.41, 5.74) is 2.70. The highest BCUT2D eigenvalue weighted by molar-refractivity contribution is 6.01. The number of rotatable bonds is 5. The van der Waals surface area contributed by atoms with Crippen LogP contribution in [0.4, 0.5) is 19.3 Å². The first-order chi connectivity index (χ1) is 16.9. The lowest BCUT2D eigenvalue weighted by atomic mass is 9.94. The molecule has 4 aromatic rings. The van der Waals surface area contributed by atoms with Crippen LogP contribution in [0.5, 0.6) is 5.75 Å². The summed E-state index contributed by atoms with van der Waals surface area (Å²) in [6, 6.07) is 17.6. The molecule has 0 radical (unpaired) electrons. The number of nitrogens with zero attached hydrogens (tertiary/aromatic N) is 3. The number of anilines is 1. The van der Waals surface area contributed by atoms with Crippen molar-refractivity contribution in [3.63, 3.8) is 0 Å². The predicted octanol–water partition coefficient (Wildman–Crippen LogP) is 5.73. The van der Waals surface area contributed by atoms with Gasteiger partial charge in [0, 0.05) is 17.3 Å². The minimum atomic E-state index is -0.689. The number of benzene rings is 3. The van der Waals surface area contributed by atoms with Crippen LogP contribution in [0, 0.1) is 11.6 Å². The van der Waals surface area contributed by atoms with Gasteiger partial charge < -0.3 is 14.6 Å². The van der Waals surface area contributed by atoms with Crippen molar-refractivity contribution in [3.05, 3.63) is 102 Å². The van der Waals surface area contributed by atoms with E-state index in [0.717, 1.165) is 0 Å². The van der Waals surface area contributed by atoms with Crippen molar-refractivity contribution < 1.29 is 22.8 Å². The standard InChI is InChI=1S/C26H20F2N4O3/c1-15-22(25-30-24(31-35-25)17-5-3-6-19(28)13-17)23(16-9-11-18(27)12-10-16)29-26(33)32(15)20-7-4-8-21(14-20)34-2/h3-14,23H,1-2H3,(H,29,33). The lowest BCUT2D eigenvalue weighted by molar-refractivity contribution is 0.244. The van der Waals surface area contributed by atoms with Crippen molar-refractivity contribution in [1.82, 2.24) is 15.5 Å². The van der Waals surface area contributed by atoms with Crippen LogP contribution in [0.15, 0.2) is 83.0 Å². The first kappa shape index (κ1) is 22.3. The average Bonchev–Trinajstić information content (AvgIpc) is 3.34. The number of allylic oxidation sites excluding steroid dienone is 1. The zero-order chi connectivity index (χ0) is 24.5. The number of carbonyl (C=O) groups excluding carboxylic acids is 1. The molecule has 5 rings (SSSR count). The zero-order valence-corrected chi connectivity index (χ0v) is 18.8. The number of hydrogen-bond acceptors (Lipinski definition) is 5. The zero-order valence-electron chi connectivity index (χ0n) is 18.8. The summed E-state index contributed by atoms with van der Waals surface area (Å²) in [7, 11) is 1.54. The molecule has 1 aliphatic heterocycles. The minimum absolute atomic E-state index is 0.143. The van der Waals surface area contributed by atoms with Gasteiger partial charge in [0.15, 0.2) is 0 Å². The van der Waals surface area contributed by atoms with Crippen LogP contribution in [0.2, 0.25) is 0 Å². The molecule has 0 aliphatic carbocycles. The Hall–Kier alpha value is -4.53. The van der Waals surface area contributed by atoms with E-state index >= 15 is 0 Å². The average molecular weight is 474 g/mol. The maximum atomic E-state index is 13.7. The summed E-state index contributed by atoms with van der Waals surface area (Å²) in [6.45, 7) is 1.76. The van der Waals surface area contributed by atoms with Gasteiger partial charge >= 0.3 is 6.03 Å². The lowest BCUT2D eigenvalue weighted by Gasteiger charge is -2.35. The van der Waals surface area contributed by atoms with Crippen LogP contribution < -0.4 is 15.0 Å². The van der Waals surface area contributed by atoms with Gasteiger partial charge in [-0.1, -0.05) is 35.5 Å². The van der Waals surface area contributed by atoms with E-state index in [1.54, 1.807) is 62.6 Å². The third-order valence-electron chi connectivity index (χ3n) is 5.74. The molecule has 2 heterocycles. The van der Waals surface area contributed by atoms with Gasteiger partial charge in [0.25, 0.3) is 5.89 Å². The Kier molecular flexibility index (Phi) is 5.74. The van der Waals surface area contributed by atoms with Crippen molar-refractivity contribution in [2.45, 2.75) is 13.0 Å². The van der Waals surface area contributed by atoms with E-state index in [4.69, 9.17) is 9.26 Å². The van der Waals surface area contributed by atoms with Gasteiger partial charge in [-0.2, -0.15) is 4.98 Å². The van der Waals surface area contributed by atoms with Gasteiger partial charge in [-0.3, -0.25) is 4.90 Å². The fourth-order valence-corrected chi connectivity index (χ4v) is 4.06. The van der Waals surface area contributed by atoms with Crippen molar-refractivity contribution in [3.8, 4) is 17.1 Å². The van der Waals surface area contributed by atoms with Crippen molar-refractivity contribution in [1.29, 1.82) is 0 Å². The molecule has 1 N–H and O–H groups in total. The summed E-state index contributed by atoms with van der Waals surface area (Å²) in [5, 5.41) is 6.98. The quantitative estimate of drug-likeness (QED) is 0.400. The molecule has 0 fully saturated rings. The predicted molar refractivity (Wildman–Crippen MR) is 125 cm³/mol. The summed E-state index contributed by atoms with van der Waals surface area (Å²) in [6.07, 6.45) is 0. The molecule has 0 spiro atoms. The molecule has 35 heavy (non-hydrogen) atoms. The molecule has 0 saturated carbocycles. The number of carbonyl (C=O) groups is 1. The molecule has 0 saturated heterocycles. The van der Waals surface area contributed by atoms with Gasteiger partial charge in [-0.05, 0) is 48.9 Å². The number of methoxy groups -OCH3 is 1. The van der Waals surface area contributed by atoms with E-state index in [1.807, 2.05) is 0 Å². The fraction of sp³-hybridized carbons (Fsp3) is 0.115. The summed E-state index contributed by atoms with van der Waals surface area (Å²) in [5.74, 6) is 0.0906. The number of halogens is 2. The van der Waals surface area contributed by atoms with Crippen LogP contribution >= 0.6 is 0 Å². The first-order valence-corrected chi connectivity index (χ1v) is 10.8. The number of nitrogens with one attached hydrogen (secondary N) is 1. The molecule has 1 aromatic heterocycles. The van der Waals surface area contributed by atoms with E-state index in [1.165, 1.54) is 29.2 Å². The van der Waals surface area contributed by atoms with Gasteiger partial charge in [0.05, 0.1) is 24.4 Å². The van der Waals surface area contributed by atoms with Gasteiger partial charge in [-0.15, -0.1) is 0 Å². The third kappa shape index (κ3) is 4.23. The Bertz CT molecular complexity index is 1430. The van der Waals surface area contributed by atoms with E-state index in [-0.39, 0.29) is 11.7 Å². The molecule has 1 atom stereocenters. The normalized spacial score (nSPS) is 15.8. The molecule has 9 heteroatoms. The van der Waals surface area contributed by atoms with Crippen LogP contribution in [0.3, 0.4) is 0 Å². The largest absolute Gasteiger partial charge is 0.497 e. The van der Waals surface area contributed by atoms with E-state index in [9.17, 15) is 13.6 Å². The van der Waals surface area contributed by atoms with Crippen LogP contribution in [-0.2, 0) is 0 Å². The van der Waals surface area contributed by atoms with Crippen molar-refractivity contribution in [2.24, 2.45) is 0 Å². The number of amides is 2. The maximum absolute atomic E-state index is 13.7. The Morgan fingerprint density at radius 2 is 1.77 bits per heavy atom. The van der Waals surface area contributed by atoms with Crippen LogP contribution in [0.25, 0.3) is 17.0 Å². The molecule has 0 bridgehead atoms. The highest BCUT2D eigenvalue weighted by Gasteiger charge is 2.36. The number of hydrogen-bond donors (Lipinski definition) is 1.